The third-order valence-corrected chi connectivity index (χ3v) is 3.39. The molecule has 0 atom stereocenters. The molecule has 1 N–H and O–H groups in total. The van der Waals surface area contributed by atoms with E-state index in [4.69, 9.17) is 11.6 Å². The van der Waals surface area contributed by atoms with Crippen LogP contribution in [0.3, 0.4) is 0 Å². The number of rotatable bonds is 5. The molecule has 0 heterocycles. The topological polar surface area (TPSA) is 15.3 Å². The predicted molar refractivity (Wildman–Crippen MR) is 82.7 cm³/mol. The minimum atomic E-state index is -0.200. The lowest BCUT2D eigenvalue weighted by molar-refractivity contribution is 0.618. The van der Waals surface area contributed by atoms with Gasteiger partial charge in [-0.05, 0) is 42.4 Å². The lowest BCUT2D eigenvalue weighted by atomic mass is 10.1. The molecule has 0 radical (unpaired) electrons. The summed E-state index contributed by atoms with van der Waals surface area (Å²) in [4.78, 5) is 1.89. The third-order valence-electron chi connectivity index (χ3n) is 3.14. The van der Waals surface area contributed by atoms with Crippen molar-refractivity contribution < 1.29 is 4.39 Å². The number of nitrogens with zero attached hydrogens (tertiary/aromatic N) is 1. The molecular weight excluding hydrogens is 275 g/mol. The molecule has 2 aromatic carbocycles. The number of hydrogen-bond acceptors (Lipinski definition) is 2. The average molecular weight is 293 g/mol. The van der Waals surface area contributed by atoms with E-state index in [-0.39, 0.29) is 5.82 Å². The molecule has 0 spiro atoms. The Hall–Kier alpha value is -1.58. The minimum absolute atomic E-state index is 0.200. The molecule has 106 valence electrons. The van der Waals surface area contributed by atoms with E-state index >= 15 is 0 Å². The Bertz CT molecular complexity index is 569. The fraction of sp³-hybridized carbons (Fsp3) is 0.250. The maximum Gasteiger partial charge on any atom is 0.146 e. The molecule has 2 nitrogen and oxygen atoms in total. The zero-order valence-corrected chi connectivity index (χ0v) is 12.4. The Morgan fingerprint density at radius 1 is 1.10 bits per heavy atom. The van der Waals surface area contributed by atoms with Crippen LogP contribution >= 0.6 is 11.6 Å². The van der Waals surface area contributed by atoms with Crippen LogP contribution in [0.4, 0.5) is 10.1 Å². The zero-order valence-electron chi connectivity index (χ0n) is 11.7. The van der Waals surface area contributed by atoms with Gasteiger partial charge < -0.3 is 10.2 Å². The Morgan fingerprint density at radius 2 is 1.75 bits per heavy atom. The highest BCUT2D eigenvalue weighted by Crippen LogP contribution is 2.21. The molecule has 0 bridgehead atoms. The second kappa shape index (κ2) is 6.73. The summed E-state index contributed by atoms with van der Waals surface area (Å²) in [6.07, 6.45) is 0. The summed E-state index contributed by atoms with van der Waals surface area (Å²) in [7, 11) is 3.73. The van der Waals surface area contributed by atoms with Gasteiger partial charge >= 0.3 is 0 Å². The Labute approximate surface area is 124 Å². The van der Waals surface area contributed by atoms with Crippen molar-refractivity contribution in [3.8, 4) is 0 Å². The lowest BCUT2D eigenvalue weighted by Gasteiger charge is -2.20. The van der Waals surface area contributed by atoms with Crippen molar-refractivity contribution >= 4 is 17.3 Å². The van der Waals surface area contributed by atoms with Gasteiger partial charge in [-0.25, -0.2) is 4.39 Å². The first-order valence-corrected chi connectivity index (χ1v) is 6.86. The van der Waals surface area contributed by atoms with E-state index < -0.39 is 0 Å². The second-order valence-electron chi connectivity index (χ2n) is 4.80. The normalized spacial score (nSPS) is 10.6. The maximum atomic E-state index is 14.1. The smallest absolute Gasteiger partial charge is 0.146 e. The van der Waals surface area contributed by atoms with Gasteiger partial charge in [0.15, 0.2) is 0 Å². The molecule has 0 aliphatic carbocycles. The summed E-state index contributed by atoms with van der Waals surface area (Å²) in [5, 5.41) is 3.72. The number of halogens is 2. The SMILES string of the molecule is CNCc1ccc(N(C)Cc2ccc(Cl)cc2)c(F)c1. The fourth-order valence-electron chi connectivity index (χ4n) is 2.12. The van der Waals surface area contributed by atoms with E-state index in [1.54, 1.807) is 6.07 Å². The first kappa shape index (κ1) is 14.8. The Morgan fingerprint density at radius 3 is 2.35 bits per heavy atom. The molecule has 0 saturated carbocycles. The molecule has 0 amide bonds. The van der Waals surface area contributed by atoms with Crippen LogP contribution in [0.2, 0.25) is 5.02 Å². The average Bonchev–Trinajstić information content (AvgIpc) is 2.42. The van der Waals surface area contributed by atoms with Crippen LogP contribution in [0, 0.1) is 5.82 Å². The van der Waals surface area contributed by atoms with E-state index in [9.17, 15) is 4.39 Å². The van der Waals surface area contributed by atoms with Gasteiger partial charge in [0.05, 0.1) is 5.69 Å². The van der Waals surface area contributed by atoms with Gasteiger partial charge in [-0.2, -0.15) is 0 Å². The number of hydrogen-bond donors (Lipinski definition) is 1. The molecular formula is C16H18ClFN2. The summed E-state index contributed by atoms with van der Waals surface area (Å²) >= 11 is 5.86. The monoisotopic (exact) mass is 292 g/mol. The van der Waals surface area contributed by atoms with Crippen molar-refractivity contribution in [2.75, 3.05) is 19.0 Å². The van der Waals surface area contributed by atoms with Gasteiger partial charge in [-0.1, -0.05) is 29.8 Å². The highest BCUT2D eigenvalue weighted by Gasteiger charge is 2.09. The van der Waals surface area contributed by atoms with Crippen molar-refractivity contribution in [3.63, 3.8) is 0 Å². The van der Waals surface area contributed by atoms with Gasteiger partial charge in [-0.3, -0.25) is 0 Å². The molecule has 0 saturated heterocycles. The highest BCUT2D eigenvalue weighted by atomic mass is 35.5. The second-order valence-corrected chi connectivity index (χ2v) is 5.24. The van der Waals surface area contributed by atoms with Crippen LogP contribution in [0.1, 0.15) is 11.1 Å². The van der Waals surface area contributed by atoms with Gasteiger partial charge in [0.25, 0.3) is 0 Å². The van der Waals surface area contributed by atoms with Crippen LogP contribution in [0.5, 0.6) is 0 Å². The van der Waals surface area contributed by atoms with E-state index in [0.29, 0.717) is 23.8 Å². The van der Waals surface area contributed by atoms with Crippen LogP contribution in [-0.4, -0.2) is 14.1 Å². The summed E-state index contributed by atoms with van der Waals surface area (Å²) in [5.74, 6) is -0.200. The number of benzene rings is 2. The van der Waals surface area contributed by atoms with E-state index in [1.807, 2.05) is 55.4 Å². The molecule has 2 aromatic rings. The summed E-state index contributed by atoms with van der Waals surface area (Å²) in [5.41, 5.74) is 2.63. The molecule has 2 rings (SSSR count). The molecule has 0 fully saturated rings. The first-order chi connectivity index (χ1) is 9.60. The molecule has 0 aromatic heterocycles. The van der Waals surface area contributed by atoms with Crippen LogP contribution in [0.25, 0.3) is 0 Å². The summed E-state index contributed by atoms with van der Waals surface area (Å²) in [6.45, 7) is 1.30. The van der Waals surface area contributed by atoms with Gasteiger partial charge in [0.1, 0.15) is 5.82 Å². The lowest BCUT2D eigenvalue weighted by Crippen LogP contribution is -2.18. The maximum absolute atomic E-state index is 14.1. The summed E-state index contributed by atoms with van der Waals surface area (Å²) in [6, 6.07) is 12.9. The van der Waals surface area contributed by atoms with Crippen LogP contribution in [-0.2, 0) is 13.1 Å². The predicted octanol–water partition coefficient (Wildman–Crippen LogP) is 3.83. The van der Waals surface area contributed by atoms with Gasteiger partial charge in [0, 0.05) is 25.2 Å². The van der Waals surface area contributed by atoms with Gasteiger partial charge in [0.2, 0.25) is 0 Å². The minimum Gasteiger partial charge on any atom is -0.368 e. The third kappa shape index (κ3) is 3.71. The number of anilines is 1. The first-order valence-electron chi connectivity index (χ1n) is 6.49. The molecule has 4 heteroatoms. The van der Waals surface area contributed by atoms with Gasteiger partial charge in [-0.15, -0.1) is 0 Å². The van der Waals surface area contributed by atoms with Crippen LogP contribution in [0.15, 0.2) is 42.5 Å². The number of nitrogens with one attached hydrogen (secondary N) is 1. The molecule has 0 unspecified atom stereocenters. The fourth-order valence-corrected chi connectivity index (χ4v) is 2.25. The van der Waals surface area contributed by atoms with Crippen LogP contribution < -0.4 is 10.2 Å². The van der Waals surface area contributed by atoms with Crippen molar-refractivity contribution in [2.45, 2.75) is 13.1 Å². The summed E-state index contributed by atoms with van der Waals surface area (Å²) < 4.78 is 14.1. The Balaban J connectivity index is 2.12. The van der Waals surface area contributed by atoms with E-state index in [1.165, 1.54) is 0 Å². The van der Waals surface area contributed by atoms with Crippen molar-refractivity contribution in [3.05, 3.63) is 64.4 Å². The molecule has 0 aliphatic heterocycles. The highest BCUT2D eigenvalue weighted by molar-refractivity contribution is 6.30. The van der Waals surface area contributed by atoms with Crippen molar-refractivity contribution in [1.29, 1.82) is 0 Å². The van der Waals surface area contributed by atoms with E-state index in [0.717, 1.165) is 11.1 Å². The van der Waals surface area contributed by atoms with Crippen molar-refractivity contribution in [2.24, 2.45) is 0 Å². The van der Waals surface area contributed by atoms with E-state index in [2.05, 4.69) is 5.32 Å². The zero-order chi connectivity index (χ0) is 14.5. The largest absolute Gasteiger partial charge is 0.368 e. The Kier molecular flexibility index (Phi) is 4.99. The standard InChI is InChI=1S/C16H18ClFN2/c1-19-10-13-5-8-16(15(18)9-13)20(2)11-12-3-6-14(17)7-4-12/h3-9,19H,10-11H2,1-2H3. The van der Waals surface area contributed by atoms with Crippen molar-refractivity contribution in [1.82, 2.24) is 5.32 Å². The quantitative estimate of drug-likeness (QED) is 0.901. The molecule has 20 heavy (non-hydrogen) atoms. The molecule has 0 aliphatic rings.